The van der Waals surface area contributed by atoms with Crippen molar-refractivity contribution in [3.05, 3.63) is 35.9 Å². The summed E-state index contributed by atoms with van der Waals surface area (Å²) < 4.78 is 43.3. The van der Waals surface area contributed by atoms with E-state index >= 15 is 0 Å². The maximum absolute atomic E-state index is 12.8. The first-order chi connectivity index (χ1) is 10.5. The first-order valence-corrected chi connectivity index (χ1v) is 6.79. The van der Waals surface area contributed by atoms with Gasteiger partial charge in [-0.25, -0.2) is 9.59 Å². The molecule has 0 fully saturated rings. The quantitative estimate of drug-likeness (QED) is 0.837. The van der Waals surface area contributed by atoms with Gasteiger partial charge in [0.05, 0.1) is 5.41 Å². The molecule has 8 heteroatoms. The summed E-state index contributed by atoms with van der Waals surface area (Å²) in [5.41, 5.74) is -1.59. The number of rotatable bonds is 6. The lowest BCUT2D eigenvalue weighted by atomic mass is 9.85. The summed E-state index contributed by atoms with van der Waals surface area (Å²) in [5.74, 6) is -1.56. The second-order valence-corrected chi connectivity index (χ2v) is 5.68. The Morgan fingerprint density at radius 1 is 1.22 bits per heavy atom. The van der Waals surface area contributed by atoms with Gasteiger partial charge in [-0.2, -0.15) is 13.2 Å². The molecule has 0 aliphatic carbocycles. The number of benzene rings is 1. The van der Waals surface area contributed by atoms with E-state index in [9.17, 15) is 22.8 Å². The minimum absolute atomic E-state index is 0.109. The first-order valence-electron chi connectivity index (χ1n) is 6.79. The standard InChI is InChI=1S/C15H18F3NO4/c1-14(2,15(16,17)18)8-11(12(20)21)19-13(22)23-9-10-6-4-3-5-7-10/h3-7,11H,8-9H2,1-2H3,(H,19,22)(H,20,21)/t11-/m0/s1. The number of aliphatic carboxylic acids is 1. The Kier molecular flexibility index (Phi) is 6.00. The number of carboxylic acids is 1. The van der Waals surface area contributed by atoms with Crippen LogP contribution in [0.2, 0.25) is 0 Å². The van der Waals surface area contributed by atoms with E-state index in [4.69, 9.17) is 9.84 Å². The molecule has 23 heavy (non-hydrogen) atoms. The van der Waals surface area contributed by atoms with Crippen LogP contribution in [-0.4, -0.2) is 29.4 Å². The summed E-state index contributed by atoms with van der Waals surface area (Å²) in [5, 5.41) is 11.0. The van der Waals surface area contributed by atoms with E-state index in [1.165, 1.54) is 0 Å². The van der Waals surface area contributed by atoms with Crippen LogP contribution in [0.15, 0.2) is 30.3 Å². The average molecular weight is 333 g/mol. The molecular formula is C15H18F3NO4. The van der Waals surface area contributed by atoms with E-state index in [2.05, 4.69) is 0 Å². The van der Waals surface area contributed by atoms with Crippen molar-refractivity contribution in [3.8, 4) is 0 Å². The molecule has 1 rings (SSSR count). The first kappa shape index (κ1) is 18.8. The molecule has 0 unspecified atom stereocenters. The van der Waals surface area contributed by atoms with E-state index in [1.807, 2.05) is 5.32 Å². The smallest absolute Gasteiger partial charge is 0.408 e. The molecule has 0 aliphatic heterocycles. The number of alkyl carbamates (subject to hydrolysis) is 1. The molecule has 1 amide bonds. The van der Waals surface area contributed by atoms with Crippen LogP contribution in [0.1, 0.15) is 25.8 Å². The van der Waals surface area contributed by atoms with Crippen molar-refractivity contribution in [2.75, 3.05) is 0 Å². The maximum Gasteiger partial charge on any atom is 0.408 e. The summed E-state index contributed by atoms with van der Waals surface area (Å²) in [6, 6.07) is 6.90. The minimum atomic E-state index is -4.59. The van der Waals surface area contributed by atoms with Crippen LogP contribution in [0, 0.1) is 5.41 Å². The molecule has 0 saturated heterocycles. The van der Waals surface area contributed by atoms with Crippen molar-refractivity contribution < 1.29 is 32.6 Å². The molecule has 128 valence electrons. The molecule has 0 radical (unpaired) electrons. The van der Waals surface area contributed by atoms with Crippen LogP contribution >= 0.6 is 0 Å². The number of hydrogen-bond donors (Lipinski definition) is 2. The summed E-state index contributed by atoms with van der Waals surface area (Å²) >= 11 is 0. The molecule has 1 atom stereocenters. The van der Waals surface area contributed by atoms with Crippen molar-refractivity contribution in [1.29, 1.82) is 0 Å². The van der Waals surface area contributed by atoms with E-state index in [0.717, 1.165) is 13.8 Å². The molecule has 0 spiro atoms. The Morgan fingerprint density at radius 2 is 1.78 bits per heavy atom. The summed E-state index contributed by atoms with van der Waals surface area (Å²) in [6.45, 7) is 1.64. The topological polar surface area (TPSA) is 75.6 Å². The van der Waals surface area contributed by atoms with Gasteiger partial charge in [-0.15, -0.1) is 0 Å². The van der Waals surface area contributed by atoms with Gasteiger partial charge in [0, 0.05) is 0 Å². The fourth-order valence-corrected chi connectivity index (χ4v) is 1.73. The highest BCUT2D eigenvalue weighted by molar-refractivity contribution is 5.79. The van der Waals surface area contributed by atoms with Gasteiger partial charge in [-0.3, -0.25) is 0 Å². The van der Waals surface area contributed by atoms with Gasteiger partial charge in [0.25, 0.3) is 0 Å². The van der Waals surface area contributed by atoms with Crippen molar-refractivity contribution in [1.82, 2.24) is 5.32 Å². The van der Waals surface area contributed by atoms with Crippen molar-refractivity contribution in [2.45, 2.75) is 39.1 Å². The molecule has 0 bridgehead atoms. The van der Waals surface area contributed by atoms with E-state index < -0.39 is 36.1 Å². The van der Waals surface area contributed by atoms with Crippen molar-refractivity contribution in [2.24, 2.45) is 5.41 Å². The lowest BCUT2D eigenvalue weighted by molar-refractivity contribution is -0.215. The number of carbonyl (C=O) groups is 2. The Bertz CT molecular complexity index is 543. The fourth-order valence-electron chi connectivity index (χ4n) is 1.73. The van der Waals surface area contributed by atoms with Gasteiger partial charge in [0.15, 0.2) is 0 Å². The summed E-state index contributed by atoms with van der Waals surface area (Å²) in [4.78, 5) is 22.7. The number of hydrogen-bond acceptors (Lipinski definition) is 3. The minimum Gasteiger partial charge on any atom is -0.480 e. The molecule has 0 aliphatic rings. The monoisotopic (exact) mass is 333 g/mol. The maximum atomic E-state index is 12.8. The van der Waals surface area contributed by atoms with Gasteiger partial charge < -0.3 is 15.2 Å². The van der Waals surface area contributed by atoms with Gasteiger partial charge in [0.2, 0.25) is 0 Å². The number of carboxylic acid groups (broad SMARTS) is 1. The number of alkyl halides is 3. The predicted molar refractivity (Wildman–Crippen MR) is 75.6 cm³/mol. The third kappa shape index (κ3) is 5.80. The normalized spacial score (nSPS) is 13.3. The largest absolute Gasteiger partial charge is 0.480 e. The molecule has 0 aromatic heterocycles. The highest BCUT2D eigenvalue weighted by Gasteiger charge is 2.49. The molecule has 1 aromatic carbocycles. The van der Waals surface area contributed by atoms with E-state index in [1.54, 1.807) is 30.3 Å². The second kappa shape index (κ2) is 7.34. The van der Waals surface area contributed by atoms with E-state index in [-0.39, 0.29) is 6.61 Å². The Labute approximate surface area is 131 Å². The zero-order valence-corrected chi connectivity index (χ0v) is 12.7. The molecule has 1 aromatic rings. The Morgan fingerprint density at radius 3 is 2.26 bits per heavy atom. The highest BCUT2D eigenvalue weighted by atomic mass is 19.4. The highest BCUT2D eigenvalue weighted by Crippen LogP contribution is 2.41. The summed E-state index contributed by atoms with van der Waals surface area (Å²) in [6.07, 6.45) is -6.47. The Hall–Kier alpha value is -2.25. The number of halogens is 3. The lowest BCUT2D eigenvalue weighted by Crippen LogP contribution is -2.47. The molecule has 0 saturated carbocycles. The van der Waals surface area contributed by atoms with Gasteiger partial charge >= 0.3 is 18.2 Å². The fraction of sp³-hybridized carbons (Fsp3) is 0.467. The average Bonchev–Trinajstić information content (AvgIpc) is 2.44. The van der Waals surface area contributed by atoms with Gasteiger partial charge in [0.1, 0.15) is 12.6 Å². The lowest BCUT2D eigenvalue weighted by Gasteiger charge is -2.30. The predicted octanol–water partition coefficient (Wildman–Crippen LogP) is 3.34. The number of nitrogens with one attached hydrogen (secondary N) is 1. The van der Waals surface area contributed by atoms with Crippen LogP contribution in [0.5, 0.6) is 0 Å². The number of carbonyl (C=O) groups excluding carboxylic acids is 1. The van der Waals surface area contributed by atoms with Crippen molar-refractivity contribution >= 4 is 12.1 Å². The number of amides is 1. The Balaban J connectivity index is 2.62. The zero-order valence-electron chi connectivity index (χ0n) is 12.7. The van der Waals surface area contributed by atoms with Gasteiger partial charge in [-0.1, -0.05) is 44.2 Å². The van der Waals surface area contributed by atoms with Crippen LogP contribution in [-0.2, 0) is 16.1 Å². The SMILES string of the molecule is CC(C)(C[C@H](NC(=O)OCc1ccccc1)C(=O)O)C(F)(F)F. The van der Waals surface area contributed by atoms with Crippen LogP contribution in [0.25, 0.3) is 0 Å². The van der Waals surface area contributed by atoms with E-state index in [0.29, 0.717) is 5.56 Å². The van der Waals surface area contributed by atoms with Crippen LogP contribution < -0.4 is 5.32 Å². The summed E-state index contributed by atoms with van der Waals surface area (Å²) in [7, 11) is 0. The molecule has 0 heterocycles. The molecular weight excluding hydrogens is 315 g/mol. The zero-order chi connectivity index (χ0) is 17.7. The molecule has 2 N–H and O–H groups in total. The van der Waals surface area contributed by atoms with Crippen molar-refractivity contribution in [3.63, 3.8) is 0 Å². The van der Waals surface area contributed by atoms with Gasteiger partial charge in [-0.05, 0) is 12.0 Å². The van der Waals surface area contributed by atoms with Crippen LogP contribution in [0.3, 0.4) is 0 Å². The van der Waals surface area contributed by atoms with Crippen LogP contribution in [0.4, 0.5) is 18.0 Å². The third-order valence-electron chi connectivity index (χ3n) is 3.28. The second-order valence-electron chi connectivity index (χ2n) is 5.68. The molecule has 5 nitrogen and oxygen atoms in total. The number of ether oxygens (including phenoxy) is 1. The third-order valence-corrected chi connectivity index (χ3v) is 3.28.